The van der Waals surface area contributed by atoms with Crippen molar-refractivity contribution >= 4 is 17.4 Å². The van der Waals surface area contributed by atoms with E-state index in [1.165, 1.54) is 36.7 Å². The number of halogens is 3. The predicted octanol–water partition coefficient (Wildman–Crippen LogP) is 4.45. The van der Waals surface area contributed by atoms with E-state index in [0.717, 1.165) is 17.0 Å². The van der Waals surface area contributed by atoms with Gasteiger partial charge in [-0.25, -0.2) is 0 Å². The molecule has 1 amide bonds. The molecule has 1 saturated heterocycles. The number of carbonyl (C=O) groups excluding carboxylic acids is 2. The molecular formula is C25H17F3N2O5. The van der Waals surface area contributed by atoms with E-state index in [4.69, 9.17) is 9.47 Å². The van der Waals surface area contributed by atoms with Gasteiger partial charge in [0.15, 0.2) is 11.5 Å². The van der Waals surface area contributed by atoms with Crippen LogP contribution in [0.4, 0.5) is 13.2 Å². The van der Waals surface area contributed by atoms with Crippen molar-refractivity contribution in [3.8, 4) is 11.5 Å². The number of alkyl halides is 3. The molecule has 7 nitrogen and oxygen atoms in total. The maximum Gasteiger partial charge on any atom is 0.416 e. The lowest BCUT2D eigenvalue weighted by atomic mass is 9.96. The summed E-state index contributed by atoms with van der Waals surface area (Å²) < 4.78 is 50.2. The van der Waals surface area contributed by atoms with Crippen molar-refractivity contribution < 1.29 is 37.3 Å². The number of likely N-dealkylation sites (tertiary alicyclic amines) is 1. The fourth-order valence-corrected chi connectivity index (χ4v) is 4.17. The zero-order valence-corrected chi connectivity index (χ0v) is 18.0. The van der Waals surface area contributed by atoms with Gasteiger partial charge in [0, 0.05) is 24.5 Å². The Kier molecular flexibility index (Phi) is 5.43. The zero-order chi connectivity index (χ0) is 24.7. The van der Waals surface area contributed by atoms with Gasteiger partial charge >= 0.3 is 6.18 Å². The molecule has 0 saturated carbocycles. The molecule has 2 aliphatic heterocycles. The highest BCUT2D eigenvalue weighted by Crippen LogP contribution is 2.42. The Morgan fingerprint density at radius 2 is 1.86 bits per heavy atom. The number of ketones is 1. The maximum atomic E-state index is 13.2. The minimum Gasteiger partial charge on any atom is -0.507 e. The molecule has 0 radical (unpaired) electrons. The van der Waals surface area contributed by atoms with E-state index in [2.05, 4.69) is 4.98 Å². The van der Waals surface area contributed by atoms with E-state index in [9.17, 15) is 27.9 Å². The van der Waals surface area contributed by atoms with E-state index in [-0.39, 0.29) is 30.0 Å². The molecule has 1 fully saturated rings. The molecule has 3 heterocycles. The number of fused-ring (bicyclic) bond motifs is 1. The molecule has 0 bridgehead atoms. The summed E-state index contributed by atoms with van der Waals surface area (Å²) in [5.41, 5.74) is -0.251. The van der Waals surface area contributed by atoms with Crippen molar-refractivity contribution in [3.63, 3.8) is 0 Å². The summed E-state index contributed by atoms with van der Waals surface area (Å²) in [4.78, 5) is 31.3. The van der Waals surface area contributed by atoms with E-state index >= 15 is 0 Å². The van der Waals surface area contributed by atoms with Gasteiger partial charge in [0.2, 0.25) is 6.79 Å². The molecular weight excluding hydrogens is 465 g/mol. The lowest BCUT2D eigenvalue weighted by Gasteiger charge is -2.25. The van der Waals surface area contributed by atoms with Crippen LogP contribution in [0.5, 0.6) is 11.5 Å². The Morgan fingerprint density at radius 3 is 2.60 bits per heavy atom. The number of pyridine rings is 1. The highest BCUT2D eigenvalue weighted by molar-refractivity contribution is 6.46. The summed E-state index contributed by atoms with van der Waals surface area (Å²) in [6, 6.07) is 11.2. The topological polar surface area (TPSA) is 89.0 Å². The summed E-state index contributed by atoms with van der Waals surface area (Å²) in [5, 5.41) is 11.1. The van der Waals surface area contributed by atoms with Crippen LogP contribution in [0.1, 0.15) is 28.3 Å². The molecule has 35 heavy (non-hydrogen) atoms. The fraction of sp³-hybridized carbons (Fsp3) is 0.160. The lowest BCUT2D eigenvalue weighted by molar-refractivity contribution is -0.140. The van der Waals surface area contributed by atoms with E-state index < -0.39 is 35.2 Å². The molecule has 1 atom stereocenters. The summed E-state index contributed by atoms with van der Waals surface area (Å²) in [7, 11) is 0. The molecule has 10 heteroatoms. The van der Waals surface area contributed by atoms with Crippen LogP contribution in [0.3, 0.4) is 0 Å². The SMILES string of the molecule is O=C1C(=O)N(Cc2cccc(C(F)(F)F)c2)C(c2cccnc2)/C1=C(/O)c1ccc2c(c1)OCO2. The number of Topliss-reactive ketones (excluding diaryl/α,β-unsaturated/α-hetero) is 1. The summed E-state index contributed by atoms with van der Waals surface area (Å²) in [6.45, 7) is -0.275. The third-order valence-corrected chi connectivity index (χ3v) is 5.79. The Bertz CT molecular complexity index is 1350. The number of carbonyl (C=O) groups is 2. The second kappa shape index (κ2) is 8.46. The number of hydrogen-bond donors (Lipinski definition) is 1. The quantitative estimate of drug-likeness (QED) is 0.336. The lowest BCUT2D eigenvalue weighted by Crippen LogP contribution is -2.29. The maximum absolute atomic E-state index is 13.2. The fourth-order valence-electron chi connectivity index (χ4n) is 4.17. The van der Waals surface area contributed by atoms with Crippen molar-refractivity contribution in [2.24, 2.45) is 0 Å². The van der Waals surface area contributed by atoms with Gasteiger partial charge in [0.05, 0.1) is 17.2 Å². The van der Waals surface area contributed by atoms with Crippen LogP contribution in [0, 0.1) is 0 Å². The van der Waals surface area contributed by atoms with Crippen LogP contribution in [0.25, 0.3) is 5.76 Å². The van der Waals surface area contributed by atoms with E-state index in [0.29, 0.717) is 17.1 Å². The third-order valence-electron chi connectivity index (χ3n) is 5.79. The van der Waals surface area contributed by atoms with Crippen LogP contribution in [-0.2, 0) is 22.3 Å². The number of aromatic nitrogens is 1. The highest BCUT2D eigenvalue weighted by Gasteiger charge is 2.46. The smallest absolute Gasteiger partial charge is 0.416 e. The Balaban J connectivity index is 1.60. The molecule has 178 valence electrons. The van der Waals surface area contributed by atoms with Gasteiger partial charge in [-0.2, -0.15) is 13.2 Å². The molecule has 2 aliphatic rings. The second-order valence-electron chi connectivity index (χ2n) is 7.98. The van der Waals surface area contributed by atoms with Gasteiger partial charge in [0.25, 0.3) is 11.7 Å². The Morgan fingerprint density at radius 1 is 1.06 bits per heavy atom. The van der Waals surface area contributed by atoms with Gasteiger partial charge in [-0.3, -0.25) is 14.6 Å². The van der Waals surface area contributed by atoms with Crippen molar-refractivity contribution in [3.05, 3.63) is 94.8 Å². The second-order valence-corrected chi connectivity index (χ2v) is 7.98. The largest absolute Gasteiger partial charge is 0.507 e. The minimum absolute atomic E-state index is 0.0105. The number of benzene rings is 2. The number of aliphatic hydroxyl groups excluding tert-OH is 1. The first-order valence-electron chi connectivity index (χ1n) is 10.5. The predicted molar refractivity (Wildman–Crippen MR) is 116 cm³/mol. The summed E-state index contributed by atoms with van der Waals surface area (Å²) in [6.07, 6.45) is -1.63. The number of aliphatic hydroxyl groups is 1. The van der Waals surface area contributed by atoms with Gasteiger partial charge in [0.1, 0.15) is 5.76 Å². The molecule has 1 unspecified atom stereocenters. The standard InChI is InChI=1S/C25H17F3N2O5/c26-25(27,28)17-5-1-3-14(9-17)12-30-21(16-4-2-8-29-11-16)20(23(32)24(30)33)22(31)15-6-7-18-19(10-15)35-13-34-18/h1-11,21,31H,12-13H2/b22-20-. The number of rotatable bonds is 4. The molecule has 3 aromatic rings. The minimum atomic E-state index is -4.56. The van der Waals surface area contributed by atoms with Gasteiger partial charge in [-0.1, -0.05) is 18.2 Å². The molecule has 1 N–H and O–H groups in total. The van der Waals surface area contributed by atoms with Crippen LogP contribution in [-0.4, -0.2) is 33.5 Å². The van der Waals surface area contributed by atoms with Crippen molar-refractivity contribution in [2.75, 3.05) is 6.79 Å². The summed E-state index contributed by atoms with van der Waals surface area (Å²) >= 11 is 0. The van der Waals surface area contributed by atoms with E-state index in [1.54, 1.807) is 18.2 Å². The van der Waals surface area contributed by atoms with E-state index in [1.807, 2.05) is 0 Å². The van der Waals surface area contributed by atoms with Gasteiger partial charge < -0.3 is 19.5 Å². The number of nitrogens with zero attached hydrogens (tertiary/aromatic N) is 2. The van der Waals surface area contributed by atoms with Gasteiger partial charge in [-0.05, 0) is 47.5 Å². The first-order valence-corrected chi connectivity index (χ1v) is 10.5. The Labute approximate surface area is 197 Å². The zero-order valence-electron chi connectivity index (χ0n) is 18.0. The average Bonchev–Trinajstić information content (AvgIpc) is 3.42. The molecule has 2 aromatic carbocycles. The highest BCUT2D eigenvalue weighted by atomic mass is 19.4. The van der Waals surface area contributed by atoms with Crippen LogP contribution in [0.2, 0.25) is 0 Å². The number of hydrogen-bond acceptors (Lipinski definition) is 6. The average molecular weight is 482 g/mol. The first kappa shape index (κ1) is 22.5. The Hall–Kier alpha value is -4.34. The monoisotopic (exact) mass is 482 g/mol. The normalized spacial score (nSPS) is 18.8. The van der Waals surface area contributed by atoms with Crippen LogP contribution in [0.15, 0.2) is 72.6 Å². The molecule has 1 aromatic heterocycles. The van der Waals surface area contributed by atoms with Crippen molar-refractivity contribution in [2.45, 2.75) is 18.8 Å². The third kappa shape index (κ3) is 4.07. The molecule has 0 aliphatic carbocycles. The molecule has 0 spiro atoms. The van der Waals surface area contributed by atoms with Crippen LogP contribution < -0.4 is 9.47 Å². The summed E-state index contributed by atoms with van der Waals surface area (Å²) in [5.74, 6) is -1.51. The molecule has 5 rings (SSSR count). The van der Waals surface area contributed by atoms with Crippen molar-refractivity contribution in [1.29, 1.82) is 0 Å². The van der Waals surface area contributed by atoms with Crippen molar-refractivity contribution in [1.82, 2.24) is 9.88 Å². The number of amides is 1. The van der Waals surface area contributed by atoms with Crippen LogP contribution >= 0.6 is 0 Å². The first-order chi connectivity index (χ1) is 16.7. The van der Waals surface area contributed by atoms with Gasteiger partial charge in [-0.15, -0.1) is 0 Å². The number of ether oxygens (including phenoxy) is 2.